The maximum absolute atomic E-state index is 5.24. The second-order valence-electron chi connectivity index (χ2n) is 2.91. The number of aryl methyl sites for hydroxylation is 1. The van der Waals surface area contributed by atoms with Gasteiger partial charge in [0.05, 0.1) is 5.75 Å². The van der Waals surface area contributed by atoms with Crippen molar-refractivity contribution in [3.8, 4) is 0 Å². The second kappa shape index (κ2) is 5.26. The Morgan fingerprint density at radius 1 is 1.31 bits per heavy atom. The van der Waals surface area contributed by atoms with Crippen molar-refractivity contribution >= 4 is 28.2 Å². The summed E-state index contributed by atoms with van der Waals surface area (Å²) >= 11 is 3.01. The van der Waals surface area contributed by atoms with Gasteiger partial charge in [0, 0.05) is 13.5 Å². The third-order valence-electron chi connectivity index (χ3n) is 1.62. The van der Waals surface area contributed by atoms with Crippen LogP contribution in [0.5, 0.6) is 0 Å². The first-order valence-electron chi connectivity index (χ1n) is 4.77. The van der Waals surface area contributed by atoms with Gasteiger partial charge in [-0.1, -0.05) is 23.1 Å². The van der Waals surface area contributed by atoms with Crippen molar-refractivity contribution in [3.63, 3.8) is 0 Å². The van der Waals surface area contributed by atoms with E-state index in [0.29, 0.717) is 16.9 Å². The molecule has 0 aliphatic rings. The molecule has 2 heterocycles. The zero-order valence-corrected chi connectivity index (χ0v) is 10.6. The monoisotopic (exact) mass is 257 g/mol. The second-order valence-corrected chi connectivity index (χ2v) is 4.90. The summed E-state index contributed by atoms with van der Waals surface area (Å²) in [5.41, 5.74) is 0. The van der Waals surface area contributed by atoms with Crippen LogP contribution in [0.2, 0.25) is 0 Å². The summed E-state index contributed by atoms with van der Waals surface area (Å²) < 4.78 is 5.24. The normalized spacial score (nSPS) is 10.6. The van der Waals surface area contributed by atoms with Gasteiger partial charge in [-0.15, -0.1) is 20.4 Å². The Balaban J connectivity index is 1.89. The summed E-state index contributed by atoms with van der Waals surface area (Å²) in [7, 11) is 0. The summed E-state index contributed by atoms with van der Waals surface area (Å²) in [6.07, 6.45) is 0. The summed E-state index contributed by atoms with van der Waals surface area (Å²) in [6.45, 7) is 4.65. The zero-order chi connectivity index (χ0) is 11.4. The van der Waals surface area contributed by atoms with E-state index in [1.54, 1.807) is 6.92 Å². The van der Waals surface area contributed by atoms with E-state index in [0.717, 1.165) is 16.7 Å². The Labute approximate surface area is 101 Å². The van der Waals surface area contributed by atoms with E-state index in [-0.39, 0.29) is 0 Å². The number of anilines is 1. The fourth-order valence-corrected chi connectivity index (χ4v) is 2.59. The lowest BCUT2D eigenvalue weighted by atomic mass is 10.8. The number of rotatable bonds is 5. The number of hydrogen-bond donors (Lipinski definition) is 1. The third kappa shape index (κ3) is 2.92. The molecule has 0 aromatic carbocycles. The number of nitrogens with one attached hydrogen (secondary N) is 1. The largest absolute Gasteiger partial charge is 0.416 e. The number of hydrogen-bond acceptors (Lipinski definition) is 8. The van der Waals surface area contributed by atoms with Gasteiger partial charge in [-0.2, -0.15) is 0 Å². The molecule has 0 atom stereocenters. The van der Waals surface area contributed by atoms with Crippen LogP contribution in [-0.4, -0.2) is 26.9 Å². The quantitative estimate of drug-likeness (QED) is 0.820. The molecular weight excluding hydrogens is 246 g/mol. The predicted molar refractivity (Wildman–Crippen MR) is 62.7 cm³/mol. The van der Waals surface area contributed by atoms with Crippen LogP contribution in [0.1, 0.15) is 17.8 Å². The Morgan fingerprint density at radius 2 is 2.19 bits per heavy atom. The van der Waals surface area contributed by atoms with Crippen LogP contribution in [0.25, 0.3) is 0 Å². The maximum Gasteiger partial charge on any atom is 0.276 e. The lowest BCUT2D eigenvalue weighted by Gasteiger charge is -1.92. The van der Waals surface area contributed by atoms with E-state index in [9.17, 15) is 0 Å². The van der Waals surface area contributed by atoms with Crippen molar-refractivity contribution < 1.29 is 4.42 Å². The smallest absolute Gasteiger partial charge is 0.276 e. The zero-order valence-electron chi connectivity index (χ0n) is 8.93. The first kappa shape index (κ1) is 11.3. The average Bonchev–Trinajstić information content (AvgIpc) is 2.85. The molecule has 0 fully saturated rings. The predicted octanol–water partition coefficient (Wildman–Crippen LogP) is 1.95. The number of thioether (sulfide) groups is 1. The van der Waals surface area contributed by atoms with Gasteiger partial charge in [0.1, 0.15) is 5.01 Å². The molecule has 0 aliphatic carbocycles. The van der Waals surface area contributed by atoms with Crippen LogP contribution in [0, 0.1) is 6.92 Å². The summed E-state index contributed by atoms with van der Waals surface area (Å²) in [5.74, 6) is 1.28. The van der Waals surface area contributed by atoms with Crippen LogP contribution >= 0.6 is 23.1 Å². The molecule has 0 unspecified atom stereocenters. The first-order chi connectivity index (χ1) is 7.78. The van der Waals surface area contributed by atoms with Crippen molar-refractivity contribution in [1.82, 2.24) is 20.4 Å². The van der Waals surface area contributed by atoms with E-state index in [2.05, 4.69) is 25.7 Å². The summed E-state index contributed by atoms with van der Waals surface area (Å²) in [5, 5.41) is 21.2. The highest BCUT2D eigenvalue weighted by Gasteiger charge is 2.07. The highest BCUT2D eigenvalue weighted by atomic mass is 32.2. The first-order valence-corrected chi connectivity index (χ1v) is 6.57. The van der Waals surface area contributed by atoms with Gasteiger partial charge >= 0.3 is 0 Å². The van der Waals surface area contributed by atoms with Crippen molar-refractivity contribution in [3.05, 3.63) is 10.9 Å². The average molecular weight is 257 g/mol. The Bertz CT molecular complexity index is 455. The molecule has 0 radical (unpaired) electrons. The fraction of sp³-hybridized carbons (Fsp3) is 0.500. The Kier molecular flexibility index (Phi) is 3.73. The molecule has 0 saturated carbocycles. The lowest BCUT2D eigenvalue weighted by molar-refractivity contribution is 0.429. The molecule has 2 aromatic heterocycles. The van der Waals surface area contributed by atoms with Crippen LogP contribution in [0.4, 0.5) is 5.13 Å². The van der Waals surface area contributed by atoms with Crippen molar-refractivity contribution in [2.45, 2.75) is 24.8 Å². The van der Waals surface area contributed by atoms with Crippen LogP contribution < -0.4 is 5.32 Å². The topological polar surface area (TPSA) is 76.7 Å². The van der Waals surface area contributed by atoms with Crippen LogP contribution in [0.3, 0.4) is 0 Å². The highest BCUT2D eigenvalue weighted by Crippen LogP contribution is 2.24. The molecule has 2 aromatic rings. The van der Waals surface area contributed by atoms with Gasteiger partial charge in [0.2, 0.25) is 11.0 Å². The van der Waals surface area contributed by atoms with E-state index >= 15 is 0 Å². The van der Waals surface area contributed by atoms with Crippen molar-refractivity contribution in [2.24, 2.45) is 0 Å². The van der Waals surface area contributed by atoms with Crippen LogP contribution in [0.15, 0.2) is 9.64 Å². The summed E-state index contributed by atoms with van der Waals surface area (Å²) in [4.78, 5) is 0. The molecule has 2 rings (SSSR count). The van der Waals surface area contributed by atoms with Crippen molar-refractivity contribution in [1.29, 1.82) is 0 Å². The van der Waals surface area contributed by atoms with E-state index in [1.807, 2.05) is 6.92 Å². The van der Waals surface area contributed by atoms with Gasteiger partial charge in [-0.05, 0) is 6.92 Å². The number of aromatic nitrogens is 4. The molecular formula is C8H11N5OS2. The van der Waals surface area contributed by atoms with Gasteiger partial charge in [-0.3, -0.25) is 0 Å². The number of nitrogens with zero attached hydrogens (tertiary/aromatic N) is 4. The molecule has 8 heteroatoms. The molecule has 0 spiro atoms. The molecule has 0 amide bonds. The van der Waals surface area contributed by atoms with E-state index in [4.69, 9.17) is 4.42 Å². The van der Waals surface area contributed by atoms with E-state index in [1.165, 1.54) is 23.1 Å². The maximum atomic E-state index is 5.24. The van der Waals surface area contributed by atoms with Crippen LogP contribution in [-0.2, 0) is 5.75 Å². The molecule has 1 N–H and O–H groups in total. The van der Waals surface area contributed by atoms with E-state index < -0.39 is 0 Å². The molecule has 86 valence electrons. The minimum absolute atomic E-state index is 0.567. The molecule has 6 nitrogen and oxygen atoms in total. The van der Waals surface area contributed by atoms with Gasteiger partial charge in [0.15, 0.2) is 0 Å². The third-order valence-corrected chi connectivity index (χ3v) is 3.51. The Morgan fingerprint density at radius 3 is 2.88 bits per heavy atom. The summed E-state index contributed by atoms with van der Waals surface area (Å²) in [6, 6.07) is 0. The molecule has 0 saturated heterocycles. The van der Waals surface area contributed by atoms with Gasteiger partial charge in [-0.25, -0.2) is 0 Å². The van der Waals surface area contributed by atoms with Gasteiger partial charge < -0.3 is 9.73 Å². The fourth-order valence-electron chi connectivity index (χ4n) is 0.995. The minimum atomic E-state index is 0.567. The van der Waals surface area contributed by atoms with Gasteiger partial charge in [0.25, 0.3) is 5.22 Å². The minimum Gasteiger partial charge on any atom is -0.416 e. The SMILES string of the molecule is CCNc1nnc(CSc2nnc(C)o2)s1. The highest BCUT2D eigenvalue weighted by molar-refractivity contribution is 7.98. The molecule has 0 bridgehead atoms. The standard InChI is InChI=1S/C8H11N5OS2/c1-3-9-7-12-11-6(16-7)4-15-8-13-10-5(2)14-8/h3-4H2,1-2H3,(H,9,12). The molecule has 0 aliphatic heterocycles. The molecule has 16 heavy (non-hydrogen) atoms. The Hall–Kier alpha value is -1.15. The van der Waals surface area contributed by atoms with Crippen molar-refractivity contribution in [2.75, 3.05) is 11.9 Å². The lowest BCUT2D eigenvalue weighted by Crippen LogP contribution is -1.94.